The molecule has 2 rings (SSSR count). The lowest BCUT2D eigenvalue weighted by Crippen LogP contribution is -2.01. The molecule has 0 atom stereocenters. The third kappa shape index (κ3) is 4.04. The first-order chi connectivity index (χ1) is 8.34. The minimum Gasteiger partial charge on any atom is -0.477 e. The maximum Gasteiger partial charge on any atom is 0.233 e. The van der Waals surface area contributed by atoms with E-state index in [2.05, 4.69) is 22.1 Å². The van der Waals surface area contributed by atoms with E-state index in [1.165, 1.54) is 11.8 Å². The Morgan fingerprint density at radius 1 is 1.12 bits per heavy atom. The number of hydrogen-bond acceptors (Lipinski definition) is 3. The maximum absolute atomic E-state index is 5.70. The molecule has 2 aromatic rings. The molecule has 0 bridgehead atoms. The highest BCUT2D eigenvalue weighted by Gasteiger charge is 1.98. The third-order valence-corrected chi connectivity index (χ3v) is 2.47. The lowest BCUT2D eigenvalue weighted by Gasteiger charge is -2.04. The highest BCUT2D eigenvalue weighted by atomic mass is 35.5. The average molecular weight is 249 g/mol. The fraction of sp³-hybridized carbons (Fsp3) is 0.231. The molecule has 0 aliphatic rings. The minimum absolute atomic E-state index is 0.352. The molecule has 1 aromatic heterocycles. The summed E-state index contributed by atoms with van der Waals surface area (Å²) in [5, 5.41) is 0.352. The molecular weight excluding hydrogens is 236 g/mol. The molecule has 0 aliphatic heterocycles. The Bertz CT molecular complexity index is 462. The van der Waals surface area contributed by atoms with Gasteiger partial charge in [0.2, 0.25) is 5.88 Å². The fourth-order valence-corrected chi connectivity index (χ4v) is 1.63. The van der Waals surface area contributed by atoms with E-state index < -0.39 is 0 Å². The van der Waals surface area contributed by atoms with Gasteiger partial charge in [-0.3, -0.25) is 4.98 Å². The summed E-state index contributed by atoms with van der Waals surface area (Å²) in [4.78, 5) is 7.90. The zero-order chi connectivity index (χ0) is 11.9. The molecule has 0 fully saturated rings. The molecule has 88 valence electrons. The summed E-state index contributed by atoms with van der Waals surface area (Å²) in [5.41, 5.74) is 1.31. The van der Waals surface area contributed by atoms with Crippen molar-refractivity contribution in [3.8, 4) is 5.88 Å². The number of ether oxygens (including phenoxy) is 1. The van der Waals surface area contributed by atoms with Crippen LogP contribution in [0.3, 0.4) is 0 Å². The molecule has 0 unspecified atom stereocenters. The zero-order valence-electron chi connectivity index (χ0n) is 9.34. The molecule has 4 heteroatoms. The standard InChI is InChI=1S/C13H13ClN2O/c14-12-9-15-10-13(16-12)17-8-4-7-11-5-2-1-3-6-11/h1-3,5-6,9-10H,4,7-8H2. The molecule has 0 amide bonds. The number of rotatable bonds is 5. The zero-order valence-corrected chi connectivity index (χ0v) is 10.1. The molecule has 17 heavy (non-hydrogen) atoms. The van der Waals surface area contributed by atoms with Crippen LogP contribution in [0.2, 0.25) is 5.15 Å². The van der Waals surface area contributed by atoms with Gasteiger partial charge in [0.05, 0.1) is 19.0 Å². The lowest BCUT2D eigenvalue weighted by atomic mass is 10.1. The van der Waals surface area contributed by atoms with E-state index in [0.717, 1.165) is 12.8 Å². The van der Waals surface area contributed by atoms with Crippen molar-refractivity contribution in [2.24, 2.45) is 0 Å². The van der Waals surface area contributed by atoms with Crippen molar-refractivity contribution in [2.45, 2.75) is 12.8 Å². The number of halogens is 1. The first-order valence-electron chi connectivity index (χ1n) is 5.49. The second-order valence-corrected chi connectivity index (χ2v) is 4.00. The van der Waals surface area contributed by atoms with Gasteiger partial charge in [0, 0.05) is 0 Å². The van der Waals surface area contributed by atoms with Crippen molar-refractivity contribution in [1.82, 2.24) is 9.97 Å². The summed E-state index contributed by atoms with van der Waals surface area (Å²) in [5.74, 6) is 0.477. The maximum atomic E-state index is 5.70. The van der Waals surface area contributed by atoms with E-state index in [1.54, 1.807) is 6.20 Å². The molecular formula is C13H13ClN2O. The molecule has 0 radical (unpaired) electrons. The number of nitrogens with zero attached hydrogens (tertiary/aromatic N) is 2. The molecule has 0 aliphatic carbocycles. The largest absolute Gasteiger partial charge is 0.477 e. The van der Waals surface area contributed by atoms with E-state index in [-0.39, 0.29) is 0 Å². The van der Waals surface area contributed by atoms with Crippen LogP contribution in [0, 0.1) is 0 Å². The average Bonchev–Trinajstić information content (AvgIpc) is 2.36. The molecule has 0 saturated carbocycles. The van der Waals surface area contributed by atoms with Crippen LogP contribution in [-0.4, -0.2) is 16.6 Å². The normalized spacial score (nSPS) is 10.2. The quantitative estimate of drug-likeness (QED) is 0.763. The predicted molar refractivity (Wildman–Crippen MR) is 67.3 cm³/mol. The van der Waals surface area contributed by atoms with Crippen LogP contribution in [0.5, 0.6) is 5.88 Å². The number of hydrogen-bond donors (Lipinski definition) is 0. The first kappa shape index (κ1) is 11.9. The Morgan fingerprint density at radius 2 is 1.94 bits per heavy atom. The third-order valence-electron chi connectivity index (χ3n) is 2.29. The van der Waals surface area contributed by atoms with E-state index in [4.69, 9.17) is 16.3 Å². The Kier molecular flexibility index (Phi) is 4.33. The van der Waals surface area contributed by atoms with Gasteiger partial charge in [-0.25, -0.2) is 0 Å². The van der Waals surface area contributed by atoms with Gasteiger partial charge >= 0.3 is 0 Å². The molecule has 0 saturated heterocycles. The molecule has 0 spiro atoms. The number of aryl methyl sites for hydroxylation is 1. The van der Waals surface area contributed by atoms with E-state index in [0.29, 0.717) is 17.6 Å². The SMILES string of the molecule is Clc1cncc(OCCCc2ccccc2)n1. The second kappa shape index (κ2) is 6.21. The van der Waals surface area contributed by atoms with Crippen molar-refractivity contribution < 1.29 is 4.74 Å². The summed E-state index contributed by atoms with van der Waals surface area (Å²) >= 11 is 5.70. The van der Waals surface area contributed by atoms with Gasteiger partial charge in [0.15, 0.2) is 5.15 Å². The van der Waals surface area contributed by atoms with Crippen LogP contribution < -0.4 is 4.74 Å². The topological polar surface area (TPSA) is 35.0 Å². The number of aromatic nitrogens is 2. The summed E-state index contributed by atoms with van der Waals surface area (Å²) in [6.45, 7) is 0.615. The summed E-state index contributed by atoms with van der Waals surface area (Å²) < 4.78 is 5.45. The second-order valence-electron chi connectivity index (χ2n) is 3.62. The Hall–Kier alpha value is -1.61. The summed E-state index contributed by atoms with van der Waals surface area (Å²) in [6.07, 6.45) is 4.99. The van der Waals surface area contributed by atoms with Gasteiger partial charge in [-0.1, -0.05) is 41.9 Å². The van der Waals surface area contributed by atoms with Gasteiger partial charge < -0.3 is 4.74 Å². The van der Waals surface area contributed by atoms with E-state index in [9.17, 15) is 0 Å². The first-order valence-corrected chi connectivity index (χ1v) is 5.86. The Morgan fingerprint density at radius 3 is 2.71 bits per heavy atom. The van der Waals surface area contributed by atoms with E-state index >= 15 is 0 Å². The van der Waals surface area contributed by atoms with Gasteiger partial charge in [0.1, 0.15) is 0 Å². The molecule has 3 nitrogen and oxygen atoms in total. The van der Waals surface area contributed by atoms with Gasteiger partial charge in [-0.05, 0) is 18.4 Å². The lowest BCUT2D eigenvalue weighted by molar-refractivity contribution is 0.298. The van der Waals surface area contributed by atoms with Gasteiger partial charge in [0.25, 0.3) is 0 Å². The van der Waals surface area contributed by atoms with E-state index in [1.807, 2.05) is 18.2 Å². The van der Waals surface area contributed by atoms with Crippen molar-refractivity contribution in [2.75, 3.05) is 6.61 Å². The summed E-state index contributed by atoms with van der Waals surface area (Å²) in [6, 6.07) is 10.3. The Labute approximate surface area is 105 Å². The van der Waals surface area contributed by atoms with Crippen molar-refractivity contribution in [1.29, 1.82) is 0 Å². The van der Waals surface area contributed by atoms with Crippen molar-refractivity contribution in [3.05, 3.63) is 53.4 Å². The van der Waals surface area contributed by atoms with Crippen molar-refractivity contribution >= 4 is 11.6 Å². The van der Waals surface area contributed by atoms with Gasteiger partial charge in [-0.2, -0.15) is 4.98 Å². The molecule has 1 aromatic carbocycles. The monoisotopic (exact) mass is 248 g/mol. The predicted octanol–water partition coefficient (Wildman–Crippen LogP) is 3.14. The van der Waals surface area contributed by atoms with Crippen LogP contribution >= 0.6 is 11.6 Å². The number of benzene rings is 1. The van der Waals surface area contributed by atoms with Crippen LogP contribution in [0.1, 0.15) is 12.0 Å². The highest BCUT2D eigenvalue weighted by Crippen LogP contribution is 2.10. The van der Waals surface area contributed by atoms with Crippen LogP contribution in [0.25, 0.3) is 0 Å². The van der Waals surface area contributed by atoms with Crippen LogP contribution in [0.15, 0.2) is 42.7 Å². The minimum atomic E-state index is 0.352. The summed E-state index contributed by atoms with van der Waals surface area (Å²) in [7, 11) is 0. The highest BCUT2D eigenvalue weighted by molar-refractivity contribution is 6.29. The van der Waals surface area contributed by atoms with Gasteiger partial charge in [-0.15, -0.1) is 0 Å². The van der Waals surface area contributed by atoms with Crippen molar-refractivity contribution in [3.63, 3.8) is 0 Å². The smallest absolute Gasteiger partial charge is 0.233 e. The van der Waals surface area contributed by atoms with Crippen LogP contribution in [0.4, 0.5) is 0 Å². The molecule has 0 N–H and O–H groups in total. The Balaban J connectivity index is 1.73. The fourth-order valence-electron chi connectivity index (χ4n) is 1.49. The van der Waals surface area contributed by atoms with Crippen LogP contribution in [-0.2, 0) is 6.42 Å². The molecule has 1 heterocycles.